The summed E-state index contributed by atoms with van der Waals surface area (Å²) in [6.45, 7) is 8.27. The Morgan fingerprint density at radius 3 is 2.27 bits per heavy atom. The van der Waals surface area contributed by atoms with Crippen molar-refractivity contribution in [2.45, 2.75) is 43.8 Å². The summed E-state index contributed by atoms with van der Waals surface area (Å²) < 4.78 is 0. The van der Waals surface area contributed by atoms with Crippen molar-refractivity contribution < 1.29 is 4.79 Å². The summed E-state index contributed by atoms with van der Waals surface area (Å²) in [4.78, 5) is 13.5. The number of carbonyl (C=O) groups is 1. The largest absolute Gasteiger partial charge is 0.325 e. The molecule has 0 bridgehead atoms. The number of aryl methyl sites for hydroxylation is 1. The molecule has 1 atom stereocenters. The van der Waals surface area contributed by atoms with E-state index in [1.807, 2.05) is 25.1 Å². The molecule has 1 amide bonds. The third-order valence-corrected chi connectivity index (χ3v) is 4.66. The lowest BCUT2D eigenvalue weighted by molar-refractivity contribution is -0.115. The molecule has 0 aliphatic rings. The van der Waals surface area contributed by atoms with Crippen LogP contribution in [0.5, 0.6) is 0 Å². The van der Waals surface area contributed by atoms with Crippen LogP contribution in [-0.2, 0) is 4.79 Å². The SMILES string of the molecule is Cc1ccc(S[C@@H](C)C(=O)Nc2ccccc2C(C)C)cc1. The summed E-state index contributed by atoms with van der Waals surface area (Å²) in [6.07, 6.45) is 0. The Bertz CT molecular complexity index is 634. The van der Waals surface area contributed by atoms with Gasteiger partial charge in [-0.2, -0.15) is 0 Å². The van der Waals surface area contributed by atoms with Crippen LogP contribution in [-0.4, -0.2) is 11.2 Å². The van der Waals surface area contributed by atoms with Gasteiger partial charge in [0.05, 0.1) is 5.25 Å². The lowest BCUT2D eigenvalue weighted by Gasteiger charge is -2.16. The highest BCUT2D eigenvalue weighted by molar-refractivity contribution is 8.00. The molecule has 0 fully saturated rings. The topological polar surface area (TPSA) is 29.1 Å². The first kappa shape index (κ1) is 16.6. The maximum absolute atomic E-state index is 12.4. The van der Waals surface area contributed by atoms with E-state index in [1.54, 1.807) is 11.8 Å². The summed E-state index contributed by atoms with van der Waals surface area (Å²) >= 11 is 1.58. The van der Waals surface area contributed by atoms with Crippen LogP contribution in [0.25, 0.3) is 0 Å². The minimum Gasteiger partial charge on any atom is -0.325 e. The molecule has 0 aromatic heterocycles. The van der Waals surface area contributed by atoms with Gasteiger partial charge in [-0.05, 0) is 43.5 Å². The molecule has 3 heteroatoms. The average molecular weight is 313 g/mol. The van der Waals surface area contributed by atoms with E-state index >= 15 is 0 Å². The molecule has 2 rings (SSSR count). The van der Waals surface area contributed by atoms with E-state index in [2.05, 4.69) is 56.4 Å². The van der Waals surface area contributed by atoms with E-state index in [4.69, 9.17) is 0 Å². The lowest BCUT2D eigenvalue weighted by atomic mass is 10.0. The maximum atomic E-state index is 12.4. The number of amides is 1. The fourth-order valence-corrected chi connectivity index (χ4v) is 3.09. The second kappa shape index (κ2) is 7.50. The summed E-state index contributed by atoms with van der Waals surface area (Å²) in [6, 6.07) is 16.3. The van der Waals surface area contributed by atoms with Crippen LogP contribution in [0, 0.1) is 6.92 Å². The Morgan fingerprint density at radius 2 is 1.64 bits per heavy atom. The maximum Gasteiger partial charge on any atom is 0.237 e. The number of para-hydroxylation sites is 1. The first-order chi connectivity index (χ1) is 10.5. The molecule has 0 saturated heterocycles. The van der Waals surface area contributed by atoms with Crippen molar-refractivity contribution >= 4 is 23.4 Å². The molecular weight excluding hydrogens is 290 g/mol. The predicted molar refractivity (Wildman–Crippen MR) is 95.7 cm³/mol. The Hall–Kier alpha value is -1.74. The van der Waals surface area contributed by atoms with Gasteiger partial charge in [-0.15, -0.1) is 11.8 Å². The van der Waals surface area contributed by atoms with E-state index in [1.165, 1.54) is 11.1 Å². The van der Waals surface area contributed by atoms with E-state index in [0.29, 0.717) is 5.92 Å². The molecule has 1 N–H and O–H groups in total. The van der Waals surface area contributed by atoms with E-state index in [9.17, 15) is 4.79 Å². The molecule has 116 valence electrons. The first-order valence-electron chi connectivity index (χ1n) is 7.60. The van der Waals surface area contributed by atoms with Gasteiger partial charge in [-0.1, -0.05) is 49.7 Å². The van der Waals surface area contributed by atoms with Gasteiger partial charge < -0.3 is 5.32 Å². The molecule has 0 radical (unpaired) electrons. The smallest absolute Gasteiger partial charge is 0.237 e. The van der Waals surface area contributed by atoms with Crippen molar-refractivity contribution in [1.29, 1.82) is 0 Å². The summed E-state index contributed by atoms with van der Waals surface area (Å²) in [5, 5.41) is 2.93. The number of thioether (sulfide) groups is 1. The number of hydrogen-bond acceptors (Lipinski definition) is 2. The molecule has 0 heterocycles. The number of nitrogens with one attached hydrogen (secondary N) is 1. The lowest BCUT2D eigenvalue weighted by Crippen LogP contribution is -2.23. The summed E-state index contributed by atoms with van der Waals surface area (Å²) in [5.74, 6) is 0.426. The fraction of sp³-hybridized carbons (Fsp3) is 0.316. The number of rotatable bonds is 5. The van der Waals surface area contributed by atoms with Crippen molar-refractivity contribution in [3.8, 4) is 0 Å². The molecule has 22 heavy (non-hydrogen) atoms. The number of hydrogen-bond donors (Lipinski definition) is 1. The normalized spacial score (nSPS) is 12.2. The Morgan fingerprint density at radius 1 is 1.00 bits per heavy atom. The van der Waals surface area contributed by atoms with Gasteiger partial charge in [0.2, 0.25) is 5.91 Å². The second-order valence-corrected chi connectivity index (χ2v) is 7.22. The molecule has 0 aliphatic carbocycles. The van der Waals surface area contributed by atoms with Crippen molar-refractivity contribution in [3.05, 3.63) is 59.7 Å². The van der Waals surface area contributed by atoms with Crippen molar-refractivity contribution in [3.63, 3.8) is 0 Å². The first-order valence-corrected chi connectivity index (χ1v) is 8.48. The Labute approximate surface area is 137 Å². The summed E-state index contributed by atoms with van der Waals surface area (Å²) in [7, 11) is 0. The number of carbonyl (C=O) groups excluding carboxylic acids is 1. The molecule has 0 unspecified atom stereocenters. The van der Waals surface area contributed by atoms with Crippen LogP contribution in [0.2, 0.25) is 0 Å². The van der Waals surface area contributed by atoms with Crippen molar-refractivity contribution in [1.82, 2.24) is 0 Å². The number of benzene rings is 2. The average Bonchev–Trinajstić information content (AvgIpc) is 2.49. The predicted octanol–water partition coefficient (Wildman–Crippen LogP) is 5.24. The van der Waals surface area contributed by atoms with Crippen LogP contribution in [0.3, 0.4) is 0 Å². The van der Waals surface area contributed by atoms with Gasteiger partial charge in [0.25, 0.3) is 0 Å². The highest BCUT2D eigenvalue weighted by atomic mass is 32.2. The highest BCUT2D eigenvalue weighted by Gasteiger charge is 2.16. The zero-order chi connectivity index (χ0) is 16.1. The van der Waals surface area contributed by atoms with Crippen LogP contribution >= 0.6 is 11.8 Å². The summed E-state index contributed by atoms with van der Waals surface area (Å²) in [5.41, 5.74) is 3.31. The minimum atomic E-state index is -0.136. The van der Waals surface area contributed by atoms with E-state index in [0.717, 1.165) is 10.6 Å². The standard InChI is InChI=1S/C19H23NOS/c1-13(2)17-7-5-6-8-18(17)20-19(21)15(4)22-16-11-9-14(3)10-12-16/h5-13,15H,1-4H3,(H,20,21)/t15-/m0/s1. The van der Waals surface area contributed by atoms with Gasteiger partial charge in [0.15, 0.2) is 0 Å². The van der Waals surface area contributed by atoms with Gasteiger partial charge in [-0.25, -0.2) is 0 Å². The van der Waals surface area contributed by atoms with E-state index in [-0.39, 0.29) is 11.2 Å². The van der Waals surface area contributed by atoms with Crippen LogP contribution in [0.1, 0.15) is 37.8 Å². The van der Waals surface area contributed by atoms with Crippen LogP contribution in [0.4, 0.5) is 5.69 Å². The van der Waals surface area contributed by atoms with Crippen LogP contribution < -0.4 is 5.32 Å². The quantitative estimate of drug-likeness (QED) is 0.765. The Kier molecular flexibility index (Phi) is 5.67. The molecule has 0 spiro atoms. The zero-order valence-electron chi connectivity index (χ0n) is 13.6. The third-order valence-electron chi connectivity index (χ3n) is 3.54. The third kappa shape index (κ3) is 4.38. The zero-order valence-corrected chi connectivity index (χ0v) is 14.4. The van der Waals surface area contributed by atoms with Crippen molar-refractivity contribution in [2.24, 2.45) is 0 Å². The highest BCUT2D eigenvalue weighted by Crippen LogP contribution is 2.27. The Balaban J connectivity index is 2.04. The molecule has 0 aliphatic heterocycles. The van der Waals surface area contributed by atoms with Gasteiger partial charge in [0, 0.05) is 10.6 Å². The van der Waals surface area contributed by atoms with Crippen molar-refractivity contribution in [2.75, 3.05) is 5.32 Å². The fourth-order valence-electron chi connectivity index (χ4n) is 2.22. The molecule has 2 nitrogen and oxygen atoms in total. The van der Waals surface area contributed by atoms with Crippen LogP contribution in [0.15, 0.2) is 53.4 Å². The molecule has 2 aromatic rings. The van der Waals surface area contributed by atoms with Gasteiger partial charge in [0.1, 0.15) is 0 Å². The minimum absolute atomic E-state index is 0.0404. The van der Waals surface area contributed by atoms with E-state index < -0.39 is 0 Å². The molecular formula is C19H23NOS. The number of anilines is 1. The molecule has 0 saturated carbocycles. The van der Waals surface area contributed by atoms with Gasteiger partial charge >= 0.3 is 0 Å². The van der Waals surface area contributed by atoms with Gasteiger partial charge in [-0.3, -0.25) is 4.79 Å². The second-order valence-electron chi connectivity index (χ2n) is 5.80. The molecule has 2 aromatic carbocycles. The monoisotopic (exact) mass is 313 g/mol.